The molecule has 27 valence electrons. The third kappa shape index (κ3) is 20.9. The fraction of sp³-hybridized carbons (Fsp3) is 0. The van der Waals surface area contributed by atoms with E-state index in [4.69, 9.17) is 0 Å². The van der Waals surface area contributed by atoms with Gasteiger partial charge < -0.3 is 2.85 Å². The van der Waals surface area contributed by atoms with Crippen molar-refractivity contribution < 1.29 is 36.7 Å². The first-order valence-corrected chi connectivity index (χ1v) is 0. The van der Waals surface area contributed by atoms with Crippen molar-refractivity contribution in [2.45, 2.75) is 0 Å². The second-order valence-electron chi connectivity index (χ2n) is 0. The molecule has 0 fully saturated rings. The SMILES string of the molecule is [Al].[Co].[H-].[H-].[Mg+2].[Mn].[Si]. The summed E-state index contributed by atoms with van der Waals surface area (Å²) in [5, 5.41) is 0. The Hall–Kier alpha value is 2.54. The van der Waals surface area contributed by atoms with Crippen LogP contribution in [0.2, 0.25) is 0 Å². The molecule has 9 radical (unpaired) electrons. The summed E-state index contributed by atoms with van der Waals surface area (Å²) in [6, 6.07) is 0. The second kappa shape index (κ2) is 31.1. The van der Waals surface area contributed by atoms with Gasteiger partial charge in [-0.25, -0.2) is 0 Å². The summed E-state index contributed by atoms with van der Waals surface area (Å²) in [6.07, 6.45) is 0. The largest absolute Gasteiger partial charge is 2.00 e. The van der Waals surface area contributed by atoms with E-state index in [0.29, 0.717) is 0 Å². The van der Waals surface area contributed by atoms with Crippen molar-refractivity contribution in [1.29, 1.82) is 0 Å². The van der Waals surface area contributed by atoms with Crippen molar-refractivity contribution in [1.82, 2.24) is 0 Å². The van der Waals surface area contributed by atoms with Crippen LogP contribution in [0.5, 0.6) is 0 Å². The van der Waals surface area contributed by atoms with Crippen molar-refractivity contribution in [3.05, 3.63) is 0 Å². The normalized spacial score (nSPS) is 0. The predicted octanol–water partition coefficient (Wildman–Crippen LogP) is -0.922. The summed E-state index contributed by atoms with van der Waals surface area (Å²) < 4.78 is 0. The van der Waals surface area contributed by atoms with Crippen LogP contribution in [-0.4, -0.2) is 51.4 Å². The first-order chi connectivity index (χ1) is 0. The maximum Gasteiger partial charge on any atom is 2.00 e. The molecule has 5 heteroatoms. The molecule has 0 aromatic carbocycles. The molecular formula is H2AlCoMgMnSi. The molecule has 5 heavy (non-hydrogen) atoms. The smallest absolute Gasteiger partial charge is 1.00 e. The van der Waals surface area contributed by atoms with E-state index in [1.165, 1.54) is 0 Å². The standard InChI is InChI=1S/Al.Co.Mg.Mn.Si.2H/q;;+2;;;2*-1. The van der Waals surface area contributed by atoms with Crippen LogP contribution in [0, 0.1) is 0 Å². The third-order valence-corrected chi connectivity index (χ3v) is 0. The average Bonchev–Trinajstić information content (AvgIpc) is 0. The Morgan fingerprint density at radius 3 is 1.20 bits per heavy atom. The van der Waals surface area contributed by atoms with Crippen molar-refractivity contribution in [2.24, 2.45) is 0 Å². The average molecular weight is 195 g/mol. The van der Waals surface area contributed by atoms with Gasteiger partial charge in [-0.3, -0.25) is 0 Å². The Balaban J connectivity index is 0. The third-order valence-electron chi connectivity index (χ3n) is 0. The van der Waals surface area contributed by atoms with Crippen molar-refractivity contribution in [2.75, 3.05) is 0 Å². The molecule has 0 heterocycles. The van der Waals surface area contributed by atoms with Gasteiger partial charge in [0.05, 0.1) is 0 Å². The van der Waals surface area contributed by atoms with E-state index >= 15 is 0 Å². The molecule has 0 aromatic heterocycles. The van der Waals surface area contributed by atoms with Crippen LogP contribution in [0.3, 0.4) is 0 Å². The summed E-state index contributed by atoms with van der Waals surface area (Å²) in [6.45, 7) is 0. The Bertz CT molecular complexity index is 17.7. The van der Waals surface area contributed by atoms with Gasteiger partial charge in [0, 0.05) is 62.2 Å². The minimum atomic E-state index is 0. The van der Waals surface area contributed by atoms with Gasteiger partial charge in [0.2, 0.25) is 0 Å². The molecule has 0 N–H and O–H groups in total. The molecule has 0 saturated carbocycles. The van der Waals surface area contributed by atoms with E-state index in [2.05, 4.69) is 0 Å². The number of rotatable bonds is 0. The van der Waals surface area contributed by atoms with Gasteiger partial charge in [0.1, 0.15) is 0 Å². The fourth-order valence-electron chi connectivity index (χ4n) is 0. The van der Waals surface area contributed by atoms with E-state index < -0.39 is 0 Å². The first-order valence-electron chi connectivity index (χ1n) is 0. The molecule has 0 aliphatic rings. The van der Waals surface area contributed by atoms with Crippen LogP contribution >= 0.6 is 0 Å². The van der Waals surface area contributed by atoms with Crippen molar-refractivity contribution in [3.63, 3.8) is 0 Å². The maximum atomic E-state index is 0. The Morgan fingerprint density at radius 1 is 1.20 bits per heavy atom. The van der Waals surface area contributed by atoms with Crippen molar-refractivity contribution in [3.8, 4) is 0 Å². The Morgan fingerprint density at radius 2 is 1.20 bits per heavy atom. The Kier molecular flexibility index (Phi) is 311. The summed E-state index contributed by atoms with van der Waals surface area (Å²) in [5.41, 5.74) is 0. The minimum Gasteiger partial charge on any atom is -1.00 e. The molecule has 0 amide bonds. The molecule has 0 aliphatic carbocycles. The molecule has 0 rings (SSSR count). The van der Waals surface area contributed by atoms with Gasteiger partial charge in [-0.15, -0.1) is 0 Å². The number of hydrogen-bond donors (Lipinski definition) is 0. The zero-order valence-electron chi connectivity index (χ0n) is 4.50. The van der Waals surface area contributed by atoms with E-state index in [1.807, 2.05) is 0 Å². The summed E-state index contributed by atoms with van der Waals surface area (Å²) in [4.78, 5) is 0. The monoisotopic (exact) mass is 195 g/mol. The molecular weight excluding hydrogens is 193 g/mol. The van der Waals surface area contributed by atoms with Crippen LogP contribution in [0.15, 0.2) is 0 Å². The van der Waals surface area contributed by atoms with Crippen LogP contribution in [0.1, 0.15) is 2.85 Å². The zero-order valence-corrected chi connectivity index (χ0v) is 8.29. The van der Waals surface area contributed by atoms with E-state index in [0.717, 1.165) is 0 Å². The second-order valence-corrected chi connectivity index (χ2v) is 0. The van der Waals surface area contributed by atoms with Gasteiger partial charge in [0.25, 0.3) is 0 Å². The molecule has 0 atom stereocenters. The van der Waals surface area contributed by atoms with Gasteiger partial charge in [-0.2, -0.15) is 0 Å². The van der Waals surface area contributed by atoms with Crippen LogP contribution < -0.4 is 0 Å². The maximum absolute atomic E-state index is 0. The summed E-state index contributed by atoms with van der Waals surface area (Å²) >= 11 is 0. The molecule has 0 unspecified atom stereocenters. The van der Waals surface area contributed by atoms with E-state index in [1.54, 1.807) is 0 Å². The molecule has 0 saturated heterocycles. The summed E-state index contributed by atoms with van der Waals surface area (Å²) in [5.74, 6) is 0. The number of hydrogen-bond acceptors (Lipinski definition) is 0. The Labute approximate surface area is 87.2 Å². The van der Waals surface area contributed by atoms with Crippen molar-refractivity contribution >= 4 is 51.4 Å². The molecule has 0 bridgehead atoms. The molecule has 0 spiro atoms. The van der Waals surface area contributed by atoms with Gasteiger partial charge >= 0.3 is 23.1 Å². The predicted molar refractivity (Wildman–Crippen MR) is 19.5 cm³/mol. The van der Waals surface area contributed by atoms with E-state index in [-0.39, 0.29) is 88.1 Å². The molecule has 0 aliphatic heterocycles. The van der Waals surface area contributed by atoms with Crippen LogP contribution in [0.4, 0.5) is 0 Å². The quantitative estimate of drug-likeness (QED) is 0.438. The van der Waals surface area contributed by atoms with Crippen LogP contribution in [0.25, 0.3) is 0 Å². The topological polar surface area (TPSA) is 0 Å². The van der Waals surface area contributed by atoms with Gasteiger partial charge in [0.15, 0.2) is 0 Å². The first kappa shape index (κ1) is 50.0. The summed E-state index contributed by atoms with van der Waals surface area (Å²) in [7, 11) is 0. The zero-order chi connectivity index (χ0) is 0. The van der Waals surface area contributed by atoms with Crippen LogP contribution in [-0.2, 0) is 33.8 Å². The van der Waals surface area contributed by atoms with E-state index in [9.17, 15) is 0 Å². The van der Waals surface area contributed by atoms with Gasteiger partial charge in [-0.05, 0) is 0 Å². The molecule has 0 nitrogen and oxygen atoms in total. The fourth-order valence-corrected chi connectivity index (χ4v) is 0. The molecule has 0 aromatic rings. The van der Waals surface area contributed by atoms with Gasteiger partial charge in [-0.1, -0.05) is 0 Å². The minimum absolute atomic E-state index is 0.